The van der Waals surface area contributed by atoms with E-state index in [1.54, 1.807) is 0 Å². The summed E-state index contributed by atoms with van der Waals surface area (Å²) < 4.78 is 0. The van der Waals surface area contributed by atoms with Crippen LogP contribution in [-0.4, -0.2) is 29.0 Å². The fraction of sp³-hybridized carbons (Fsp3) is 0.875. The van der Waals surface area contributed by atoms with Crippen LogP contribution in [-0.2, 0) is 4.79 Å². The number of nitrogens with two attached hydrogens (primary N) is 1. The molecule has 70 valence electrons. The van der Waals surface area contributed by atoms with Crippen LogP contribution in [0.15, 0.2) is 0 Å². The van der Waals surface area contributed by atoms with Gasteiger partial charge in [-0.2, -0.15) is 11.8 Å². The van der Waals surface area contributed by atoms with Gasteiger partial charge in [0.15, 0.2) is 0 Å². The van der Waals surface area contributed by atoms with Crippen molar-refractivity contribution in [1.29, 1.82) is 0 Å². The Labute approximate surface area is 77.5 Å². The largest absolute Gasteiger partial charge is 0.368 e. The van der Waals surface area contributed by atoms with Crippen molar-refractivity contribution in [3.05, 3.63) is 0 Å². The lowest BCUT2D eigenvalue weighted by Crippen LogP contribution is -2.44. The highest BCUT2D eigenvalue weighted by Crippen LogP contribution is 2.25. The predicted octanol–water partition coefficient (Wildman–Crippen LogP) is 0.344. The molecular weight excluding hydrogens is 172 g/mol. The molecule has 0 saturated carbocycles. The first-order valence-electron chi connectivity index (χ1n) is 4.26. The lowest BCUT2D eigenvalue weighted by molar-refractivity contribution is -0.119. The highest BCUT2D eigenvalue weighted by Gasteiger charge is 2.23. The quantitative estimate of drug-likeness (QED) is 0.671. The molecule has 0 aromatic carbocycles. The summed E-state index contributed by atoms with van der Waals surface area (Å²) in [5, 5.41) is 3.92. The topological polar surface area (TPSA) is 55.1 Å². The van der Waals surface area contributed by atoms with Gasteiger partial charge in [-0.05, 0) is 13.3 Å². The highest BCUT2D eigenvalue weighted by atomic mass is 32.2. The second-order valence-electron chi connectivity index (χ2n) is 3.37. The van der Waals surface area contributed by atoms with E-state index in [2.05, 4.69) is 12.2 Å². The third-order valence-corrected chi connectivity index (χ3v) is 3.47. The number of primary amides is 1. The SMILES string of the molecule is CC1CC(NC(C)C(N)=O)CS1. The van der Waals surface area contributed by atoms with Gasteiger partial charge in [0.1, 0.15) is 0 Å². The Hall–Kier alpha value is -0.220. The summed E-state index contributed by atoms with van der Waals surface area (Å²) >= 11 is 1.94. The lowest BCUT2D eigenvalue weighted by atomic mass is 10.1. The Morgan fingerprint density at radius 2 is 2.42 bits per heavy atom. The number of carbonyl (C=O) groups is 1. The minimum atomic E-state index is -0.264. The zero-order chi connectivity index (χ0) is 9.14. The van der Waals surface area contributed by atoms with Crippen LogP contribution >= 0.6 is 11.8 Å². The summed E-state index contributed by atoms with van der Waals surface area (Å²) in [6.07, 6.45) is 1.14. The molecule has 0 spiro atoms. The van der Waals surface area contributed by atoms with Crippen LogP contribution < -0.4 is 11.1 Å². The van der Waals surface area contributed by atoms with Gasteiger partial charge >= 0.3 is 0 Å². The van der Waals surface area contributed by atoms with E-state index in [1.807, 2.05) is 18.7 Å². The summed E-state index contributed by atoms with van der Waals surface area (Å²) in [5.74, 6) is 0.832. The molecule has 0 aromatic rings. The Bertz CT molecular complexity index is 174. The monoisotopic (exact) mass is 188 g/mol. The predicted molar refractivity (Wildman–Crippen MR) is 52.1 cm³/mol. The van der Waals surface area contributed by atoms with Gasteiger partial charge in [0, 0.05) is 17.0 Å². The molecule has 12 heavy (non-hydrogen) atoms. The van der Waals surface area contributed by atoms with Gasteiger partial charge in [-0.3, -0.25) is 4.79 Å². The molecule has 1 rings (SSSR count). The average Bonchev–Trinajstić information content (AvgIpc) is 2.35. The molecule has 3 nitrogen and oxygen atoms in total. The number of amides is 1. The average molecular weight is 188 g/mol. The molecule has 1 fully saturated rings. The standard InChI is InChI=1S/C8H16N2OS/c1-5-3-7(4-12-5)10-6(2)8(9)11/h5-7,10H,3-4H2,1-2H3,(H2,9,11). The van der Waals surface area contributed by atoms with Crippen molar-refractivity contribution in [3.8, 4) is 0 Å². The molecule has 0 aliphatic carbocycles. The molecule has 1 amide bonds. The molecule has 3 atom stereocenters. The molecule has 0 bridgehead atoms. The molecule has 3 unspecified atom stereocenters. The first kappa shape index (κ1) is 9.86. The van der Waals surface area contributed by atoms with Gasteiger partial charge in [0.2, 0.25) is 5.91 Å². The Morgan fingerprint density at radius 3 is 2.83 bits per heavy atom. The minimum Gasteiger partial charge on any atom is -0.368 e. The number of nitrogens with one attached hydrogen (secondary N) is 1. The third-order valence-electron chi connectivity index (χ3n) is 2.11. The van der Waals surface area contributed by atoms with Gasteiger partial charge in [0.25, 0.3) is 0 Å². The van der Waals surface area contributed by atoms with E-state index in [4.69, 9.17) is 5.73 Å². The molecule has 3 N–H and O–H groups in total. The van der Waals surface area contributed by atoms with Crippen LogP contribution in [0.25, 0.3) is 0 Å². The van der Waals surface area contributed by atoms with Gasteiger partial charge in [-0.25, -0.2) is 0 Å². The van der Waals surface area contributed by atoms with Crippen molar-refractivity contribution < 1.29 is 4.79 Å². The van der Waals surface area contributed by atoms with Crippen LogP contribution in [0.1, 0.15) is 20.3 Å². The smallest absolute Gasteiger partial charge is 0.234 e. The Kier molecular flexibility index (Phi) is 3.40. The Morgan fingerprint density at radius 1 is 1.75 bits per heavy atom. The molecule has 0 radical (unpaired) electrons. The van der Waals surface area contributed by atoms with Crippen molar-refractivity contribution in [3.63, 3.8) is 0 Å². The first-order valence-corrected chi connectivity index (χ1v) is 5.31. The summed E-state index contributed by atoms with van der Waals surface area (Å²) in [5.41, 5.74) is 5.14. The van der Waals surface area contributed by atoms with Crippen molar-refractivity contribution in [1.82, 2.24) is 5.32 Å². The van der Waals surface area contributed by atoms with Crippen LogP contribution in [0.3, 0.4) is 0 Å². The molecule has 1 heterocycles. The van der Waals surface area contributed by atoms with Gasteiger partial charge in [-0.1, -0.05) is 6.92 Å². The van der Waals surface area contributed by atoms with Crippen LogP contribution in [0.4, 0.5) is 0 Å². The van der Waals surface area contributed by atoms with Gasteiger partial charge in [-0.15, -0.1) is 0 Å². The van der Waals surface area contributed by atoms with E-state index < -0.39 is 0 Å². The van der Waals surface area contributed by atoms with E-state index in [0.717, 1.165) is 12.2 Å². The van der Waals surface area contributed by atoms with Crippen molar-refractivity contribution in [2.75, 3.05) is 5.75 Å². The second-order valence-corrected chi connectivity index (χ2v) is 4.84. The number of carbonyl (C=O) groups excluding carboxylic acids is 1. The summed E-state index contributed by atoms with van der Waals surface area (Å²) in [6.45, 7) is 4.03. The van der Waals surface area contributed by atoms with Crippen LogP contribution in [0, 0.1) is 0 Å². The maximum Gasteiger partial charge on any atom is 0.234 e. The Balaban J connectivity index is 2.27. The molecule has 1 aliphatic heterocycles. The van der Waals surface area contributed by atoms with E-state index in [9.17, 15) is 4.79 Å². The lowest BCUT2D eigenvalue weighted by Gasteiger charge is -2.15. The third kappa shape index (κ3) is 2.68. The second kappa shape index (κ2) is 4.14. The van der Waals surface area contributed by atoms with Crippen LogP contribution in [0.2, 0.25) is 0 Å². The van der Waals surface area contributed by atoms with Crippen molar-refractivity contribution >= 4 is 17.7 Å². The molecule has 1 aliphatic rings. The first-order chi connectivity index (χ1) is 5.59. The van der Waals surface area contributed by atoms with Crippen LogP contribution in [0.5, 0.6) is 0 Å². The van der Waals surface area contributed by atoms with Crippen molar-refractivity contribution in [2.45, 2.75) is 37.6 Å². The van der Waals surface area contributed by atoms with Gasteiger partial charge < -0.3 is 11.1 Å². The van der Waals surface area contributed by atoms with E-state index in [-0.39, 0.29) is 11.9 Å². The van der Waals surface area contributed by atoms with E-state index in [1.165, 1.54) is 0 Å². The summed E-state index contributed by atoms with van der Waals surface area (Å²) in [7, 11) is 0. The maximum atomic E-state index is 10.7. The van der Waals surface area contributed by atoms with Crippen molar-refractivity contribution in [2.24, 2.45) is 5.73 Å². The molecule has 0 aromatic heterocycles. The fourth-order valence-corrected chi connectivity index (χ4v) is 2.53. The molecular formula is C8H16N2OS. The minimum absolute atomic E-state index is 0.194. The maximum absolute atomic E-state index is 10.7. The van der Waals surface area contributed by atoms with E-state index in [0.29, 0.717) is 11.3 Å². The summed E-state index contributed by atoms with van der Waals surface area (Å²) in [6, 6.07) is 0.272. The zero-order valence-corrected chi connectivity index (χ0v) is 8.36. The number of hydrogen-bond acceptors (Lipinski definition) is 3. The number of rotatable bonds is 3. The molecule has 4 heteroatoms. The highest BCUT2D eigenvalue weighted by molar-refractivity contribution is 8.00. The zero-order valence-electron chi connectivity index (χ0n) is 7.54. The number of hydrogen-bond donors (Lipinski definition) is 2. The normalized spacial score (nSPS) is 31.8. The molecule has 1 saturated heterocycles. The summed E-state index contributed by atoms with van der Waals surface area (Å²) in [4.78, 5) is 10.7. The van der Waals surface area contributed by atoms with Gasteiger partial charge in [0.05, 0.1) is 6.04 Å². The van der Waals surface area contributed by atoms with E-state index >= 15 is 0 Å². The fourth-order valence-electron chi connectivity index (χ4n) is 1.37. The number of thioether (sulfide) groups is 1.